The summed E-state index contributed by atoms with van der Waals surface area (Å²) in [6.07, 6.45) is 5.54. The zero-order valence-corrected chi connectivity index (χ0v) is 11.6. The molecule has 0 radical (unpaired) electrons. The first-order valence-corrected chi connectivity index (χ1v) is 6.75. The highest BCUT2D eigenvalue weighted by atomic mass is 16.5. The molecule has 19 heavy (non-hydrogen) atoms. The minimum absolute atomic E-state index is 0.233. The van der Waals surface area contributed by atoms with Gasteiger partial charge in [0.05, 0.1) is 13.7 Å². The van der Waals surface area contributed by atoms with Gasteiger partial charge in [-0.05, 0) is 55.9 Å². The van der Waals surface area contributed by atoms with Crippen LogP contribution in [0.4, 0.5) is 0 Å². The van der Waals surface area contributed by atoms with Crippen molar-refractivity contribution in [2.45, 2.75) is 32.6 Å². The second kappa shape index (κ2) is 6.41. The van der Waals surface area contributed by atoms with Gasteiger partial charge in [-0.2, -0.15) is 0 Å². The van der Waals surface area contributed by atoms with E-state index < -0.39 is 0 Å². The predicted octanol–water partition coefficient (Wildman–Crippen LogP) is 3.06. The van der Waals surface area contributed by atoms with Crippen molar-refractivity contribution in [1.82, 2.24) is 0 Å². The van der Waals surface area contributed by atoms with E-state index in [2.05, 4.69) is 12.1 Å². The molecule has 1 aromatic carbocycles. The lowest BCUT2D eigenvalue weighted by Gasteiger charge is -2.08. The third-order valence-corrected chi connectivity index (χ3v) is 3.38. The highest BCUT2D eigenvalue weighted by Gasteiger charge is 2.13. The number of esters is 1. The molecule has 1 aromatic rings. The van der Waals surface area contributed by atoms with Gasteiger partial charge < -0.3 is 9.47 Å². The van der Waals surface area contributed by atoms with Gasteiger partial charge in [0.25, 0.3) is 0 Å². The van der Waals surface area contributed by atoms with Gasteiger partial charge in [0.2, 0.25) is 0 Å². The summed E-state index contributed by atoms with van der Waals surface area (Å²) in [5.41, 5.74) is 3.76. The van der Waals surface area contributed by atoms with Crippen molar-refractivity contribution in [2.24, 2.45) is 0 Å². The Kier molecular flexibility index (Phi) is 4.61. The maximum absolute atomic E-state index is 11.5. The Morgan fingerprint density at radius 3 is 2.89 bits per heavy atom. The summed E-state index contributed by atoms with van der Waals surface area (Å²) in [5, 5.41) is 0. The van der Waals surface area contributed by atoms with Crippen molar-refractivity contribution in [1.29, 1.82) is 0 Å². The number of hydrogen-bond acceptors (Lipinski definition) is 3. The van der Waals surface area contributed by atoms with E-state index in [1.54, 1.807) is 13.2 Å². The average Bonchev–Trinajstić information content (AvgIpc) is 2.59. The Morgan fingerprint density at radius 1 is 1.32 bits per heavy atom. The molecule has 3 nitrogen and oxygen atoms in total. The SMILES string of the molecule is CCOC(=O)C=C1CCCc2ccc(OC)cc2C1. The van der Waals surface area contributed by atoms with Crippen LogP contribution < -0.4 is 4.74 Å². The molecule has 3 heteroatoms. The average molecular weight is 260 g/mol. The van der Waals surface area contributed by atoms with Crippen molar-refractivity contribution in [3.8, 4) is 5.75 Å². The van der Waals surface area contributed by atoms with Crippen LogP contribution in [0.2, 0.25) is 0 Å². The standard InChI is InChI=1S/C16H20O3/c1-3-19-16(17)10-12-5-4-6-13-7-8-15(18-2)11-14(13)9-12/h7-8,10-11H,3-6,9H2,1-2H3. The summed E-state index contributed by atoms with van der Waals surface area (Å²) < 4.78 is 10.2. The molecular weight excluding hydrogens is 240 g/mol. The molecule has 2 rings (SSSR count). The first-order chi connectivity index (χ1) is 9.22. The minimum Gasteiger partial charge on any atom is -0.497 e. The fraction of sp³-hybridized carbons (Fsp3) is 0.438. The molecule has 0 saturated heterocycles. The van der Waals surface area contributed by atoms with Gasteiger partial charge in [-0.15, -0.1) is 0 Å². The zero-order valence-electron chi connectivity index (χ0n) is 11.6. The molecule has 0 saturated carbocycles. The van der Waals surface area contributed by atoms with Crippen molar-refractivity contribution < 1.29 is 14.3 Å². The van der Waals surface area contributed by atoms with E-state index in [0.717, 1.165) is 37.0 Å². The molecule has 0 bridgehead atoms. The van der Waals surface area contributed by atoms with Crippen molar-refractivity contribution in [3.63, 3.8) is 0 Å². The molecule has 102 valence electrons. The quantitative estimate of drug-likeness (QED) is 0.476. The molecule has 0 aliphatic heterocycles. The minimum atomic E-state index is -0.233. The monoisotopic (exact) mass is 260 g/mol. The molecule has 0 N–H and O–H groups in total. The van der Waals surface area contributed by atoms with Crippen LogP contribution in [0.3, 0.4) is 0 Å². The van der Waals surface area contributed by atoms with Gasteiger partial charge in [0.15, 0.2) is 0 Å². The first kappa shape index (κ1) is 13.7. The molecule has 0 spiro atoms. The fourth-order valence-corrected chi connectivity index (χ4v) is 2.45. The maximum Gasteiger partial charge on any atom is 0.330 e. The largest absolute Gasteiger partial charge is 0.497 e. The van der Waals surface area contributed by atoms with Gasteiger partial charge in [-0.25, -0.2) is 4.79 Å². The molecular formula is C16H20O3. The summed E-state index contributed by atoms with van der Waals surface area (Å²) >= 11 is 0. The third kappa shape index (κ3) is 3.60. The van der Waals surface area contributed by atoms with Crippen molar-refractivity contribution >= 4 is 5.97 Å². The highest BCUT2D eigenvalue weighted by Crippen LogP contribution is 2.27. The van der Waals surface area contributed by atoms with Crippen LogP contribution in [0.15, 0.2) is 29.8 Å². The normalized spacial score (nSPS) is 16.6. The van der Waals surface area contributed by atoms with E-state index >= 15 is 0 Å². The Morgan fingerprint density at radius 2 is 2.16 bits per heavy atom. The van der Waals surface area contributed by atoms with Crippen LogP contribution in [-0.2, 0) is 22.4 Å². The van der Waals surface area contributed by atoms with Gasteiger partial charge >= 0.3 is 5.97 Å². The number of benzene rings is 1. The van der Waals surface area contributed by atoms with Crippen LogP contribution in [0.5, 0.6) is 5.75 Å². The van der Waals surface area contributed by atoms with E-state index in [9.17, 15) is 4.79 Å². The molecule has 0 aromatic heterocycles. The van der Waals surface area contributed by atoms with Crippen molar-refractivity contribution in [2.75, 3.05) is 13.7 Å². The van der Waals surface area contributed by atoms with E-state index in [-0.39, 0.29) is 5.97 Å². The fourth-order valence-electron chi connectivity index (χ4n) is 2.45. The van der Waals surface area contributed by atoms with E-state index in [1.807, 2.05) is 13.0 Å². The number of methoxy groups -OCH3 is 1. The lowest BCUT2D eigenvalue weighted by atomic mass is 10.0. The molecule has 1 aliphatic rings. The second-order valence-corrected chi connectivity index (χ2v) is 4.72. The lowest BCUT2D eigenvalue weighted by Crippen LogP contribution is -2.02. The molecule has 0 fully saturated rings. The van der Waals surface area contributed by atoms with Crippen LogP contribution in [0, 0.1) is 0 Å². The maximum atomic E-state index is 11.5. The van der Waals surface area contributed by atoms with E-state index in [1.165, 1.54) is 11.1 Å². The van der Waals surface area contributed by atoms with Crippen LogP contribution >= 0.6 is 0 Å². The summed E-state index contributed by atoms with van der Waals surface area (Å²) in [4.78, 5) is 11.5. The Hall–Kier alpha value is -1.77. The number of fused-ring (bicyclic) bond motifs is 1. The van der Waals surface area contributed by atoms with Crippen molar-refractivity contribution in [3.05, 3.63) is 41.0 Å². The summed E-state index contributed by atoms with van der Waals surface area (Å²) in [7, 11) is 1.67. The number of ether oxygens (including phenoxy) is 2. The number of aryl methyl sites for hydroxylation is 1. The summed E-state index contributed by atoms with van der Waals surface area (Å²) in [6.45, 7) is 2.25. The van der Waals surface area contributed by atoms with Crippen LogP contribution in [0.25, 0.3) is 0 Å². The number of hydrogen-bond donors (Lipinski definition) is 0. The zero-order chi connectivity index (χ0) is 13.7. The number of carbonyl (C=O) groups is 1. The van der Waals surface area contributed by atoms with Gasteiger partial charge in [-0.1, -0.05) is 11.6 Å². The van der Waals surface area contributed by atoms with Gasteiger partial charge in [0.1, 0.15) is 5.75 Å². The van der Waals surface area contributed by atoms with Gasteiger partial charge in [-0.3, -0.25) is 0 Å². The van der Waals surface area contributed by atoms with Crippen LogP contribution in [-0.4, -0.2) is 19.7 Å². The summed E-state index contributed by atoms with van der Waals surface area (Å²) in [6, 6.07) is 6.19. The molecule has 0 amide bonds. The van der Waals surface area contributed by atoms with E-state index in [0.29, 0.717) is 6.61 Å². The van der Waals surface area contributed by atoms with Crippen LogP contribution in [0.1, 0.15) is 30.9 Å². The predicted molar refractivity (Wildman–Crippen MR) is 74.4 cm³/mol. The number of allylic oxidation sites excluding steroid dienone is 1. The molecule has 0 atom stereocenters. The van der Waals surface area contributed by atoms with Gasteiger partial charge in [0, 0.05) is 6.08 Å². The molecule has 0 unspecified atom stereocenters. The Bertz CT molecular complexity index is 489. The molecule has 1 aliphatic carbocycles. The third-order valence-electron chi connectivity index (χ3n) is 3.38. The van der Waals surface area contributed by atoms with E-state index in [4.69, 9.17) is 9.47 Å². The smallest absolute Gasteiger partial charge is 0.330 e. The molecule has 0 heterocycles. The summed E-state index contributed by atoms with van der Waals surface area (Å²) in [5.74, 6) is 0.639. The lowest BCUT2D eigenvalue weighted by molar-refractivity contribution is -0.137. The highest BCUT2D eigenvalue weighted by molar-refractivity contribution is 5.82. The number of carbonyl (C=O) groups excluding carboxylic acids is 1. The second-order valence-electron chi connectivity index (χ2n) is 4.72. The number of rotatable bonds is 3. The Labute approximate surface area is 114 Å². The topological polar surface area (TPSA) is 35.5 Å². The Balaban J connectivity index is 2.21. The first-order valence-electron chi connectivity index (χ1n) is 6.75.